The van der Waals surface area contributed by atoms with E-state index in [2.05, 4.69) is 0 Å². The van der Waals surface area contributed by atoms with E-state index in [9.17, 15) is 43.9 Å². The van der Waals surface area contributed by atoms with Crippen LogP contribution in [-0.2, 0) is 0 Å². The van der Waals surface area contributed by atoms with Gasteiger partial charge in [0.25, 0.3) is 0 Å². The molecule has 0 atom stereocenters. The summed E-state index contributed by atoms with van der Waals surface area (Å²) in [5.74, 6) is 0. The van der Waals surface area contributed by atoms with Crippen LogP contribution < -0.4 is 0 Å². The fourth-order valence-corrected chi connectivity index (χ4v) is 1.93. The van der Waals surface area contributed by atoms with Crippen molar-refractivity contribution >= 4 is 7.28 Å². The van der Waals surface area contributed by atoms with Crippen molar-refractivity contribution in [3.05, 3.63) is 0 Å². The molecule has 14 heteroatoms. The zero-order valence-electron chi connectivity index (χ0n) is 7.57. The van der Waals surface area contributed by atoms with E-state index in [1.807, 2.05) is 0 Å². The summed E-state index contributed by atoms with van der Waals surface area (Å²) >= 11 is 0. The monoisotopic (exact) mass is 320 g/mol. The van der Waals surface area contributed by atoms with E-state index >= 15 is 0 Å². The first kappa shape index (κ1) is 17.6. The van der Waals surface area contributed by atoms with Crippen LogP contribution in [0.3, 0.4) is 0 Å². The predicted octanol–water partition coefficient (Wildman–Crippen LogP) is 2.57. The first-order valence-corrected chi connectivity index (χ1v) is 5.53. The molecule has 0 aliphatic carbocycles. The first-order valence-electron chi connectivity index (χ1n) is 3.44. The molecule has 0 aromatic carbocycles. The molecule has 0 rings (SSSR count). The van der Waals surface area contributed by atoms with Gasteiger partial charge < -0.3 is 0 Å². The van der Waals surface area contributed by atoms with Gasteiger partial charge in [-0.2, -0.15) is 0 Å². The van der Waals surface area contributed by atoms with Crippen LogP contribution in [0.1, 0.15) is 0 Å². The molecule has 18 heavy (non-hydrogen) atoms. The Hall–Kier alpha value is -0.390. The zero-order chi connectivity index (χ0) is 15.4. The number of hydrogen-bond donors (Lipinski definition) is 3. The summed E-state index contributed by atoms with van der Waals surface area (Å²) in [4.78, 5) is 24.0. The predicted molar refractivity (Wildman–Crippen MR) is 35.6 cm³/mol. The van der Waals surface area contributed by atoms with Gasteiger partial charge in [-0.3, -0.25) is 0 Å². The fraction of sp³-hybridized carbons (Fsp3) is 1.00. The Bertz CT molecular complexity index is 304. The van der Waals surface area contributed by atoms with E-state index in [4.69, 9.17) is 14.7 Å². The van der Waals surface area contributed by atoms with E-state index in [1.54, 1.807) is 0 Å². The van der Waals surface area contributed by atoms with Gasteiger partial charge in [0, 0.05) is 0 Å². The molecule has 0 aromatic heterocycles. The van der Waals surface area contributed by atoms with Gasteiger partial charge in [0.1, 0.15) is 0 Å². The number of hydrogen-bond acceptors (Lipinski definition) is 3. The molecule has 0 unspecified atom stereocenters. The SMILES string of the molecule is OP(O)(O)(C(F)(F)C(F)(F)F)C(F)(F)C(F)(F)F. The van der Waals surface area contributed by atoms with E-state index in [-0.39, 0.29) is 0 Å². The maximum atomic E-state index is 12.3. The van der Waals surface area contributed by atoms with Gasteiger partial charge >= 0.3 is 89.5 Å². The van der Waals surface area contributed by atoms with Crippen LogP contribution in [-0.4, -0.2) is 38.4 Å². The van der Waals surface area contributed by atoms with Crippen LogP contribution in [0.2, 0.25) is 0 Å². The third kappa shape index (κ3) is 1.92. The zero-order valence-corrected chi connectivity index (χ0v) is 8.46. The van der Waals surface area contributed by atoms with Crippen LogP contribution >= 0.6 is 7.28 Å². The second kappa shape index (κ2) is 3.58. The molecule has 0 radical (unpaired) electrons. The molecular formula is C4H3F10O3P. The normalized spacial score (nSPS) is 18.4. The quantitative estimate of drug-likeness (QED) is 0.541. The molecule has 0 aromatic rings. The first-order chi connectivity index (χ1) is 7.29. The Labute approximate surface area is 90.8 Å². The van der Waals surface area contributed by atoms with Gasteiger partial charge in [-0.25, -0.2) is 0 Å². The van der Waals surface area contributed by atoms with E-state index in [1.165, 1.54) is 0 Å². The minimum absolute atomic E-state index is 7.24. The van der Waals surface area contributed by atoms with Crippen molar-refractivity contribution in [1.29, 1.82) is 0 Å². The van der Waals surface area contributed by atoms with Gasteiger partial charge in [0.2, 0.25) is 0 Å². The van der Waals surface area contributed by atoms with Crippen LogP contribution in [0.15, 0.2) is 0 Å². The molecule has 0 amide bonds. The van der Waals surface area contributed by atoms with Crippen molar-refractivity contribution in [3.8, 4) is 0 Å². The summed E-state index contributed by atoms with van der Waals surface area (Å²) in [6.45, 7) is 0. The van der Waals surface area contributed by atoms with Crippen molar-refractivity contribution in [2.45, 2.75) is 23.7 Å². The molecule has 0 bridgehead atoms. The van der Waals surface area contributed by atoms with E-state index < -0.39 is 31.0 Å². The summed E-state index contributed by atoms with van der Waals surface area (Å²) in [5, 5.41) is 0. The van der Waals surface area contributed by atoms with Crippen LogP contribution in [0.5, 0.6) is 0 Å². The van der Waals surface area contributed by atoms with Gasteiger partial charge in [-0.15, -0.1) is 0 Å². The number of alkyl halides is 10. The molecule has 0 aliphatic rings. The summed E-state index contributed by atoms with van der Waals surface area (Å²) < 4.78 is 119. The van der Waals surface area contributed by atoms with Crippen LogP contribution in [0, 0.1) is 0 Å². The molecule has 0 saturated heterocycles. The second-order valence-corrected chi connectivity index (χ2v) is 6.14. The summed E-state index contributed by atoms with van der Waals surface area (Å²) in [6.07, 6.45) is -14.5. The molecule has 0 spiro atoms. The molecule has 0 saturated carbocycles. The molecule has 112 valence electrons. The van der Waals surface area contributed by atoms with Crippen molar-refractivity contribution in [2.24, 2.45) is 0 Å². The average molecular weight is 320 g/mol. The standard InChI is InChI=1S/C4H3F10O3P/c5-1(6,7)3(11,12)18(15,16,17)4(13,14)2(8,9)10/h15-17H. The third-order valence-electron chi connectivity index (χ3n) is 1.72. The summed E-state index contributed by atoms with van der Waals surface area (Å²) in [7, 11) is -9.84. The molecule has 0 aliphatic heterocycles. The number of halogens is 10. The van der Waals surface area contributed by atoms with Gasteiger partial charge in [-0.1, -0.05) is 0 Å². The minimum atomic E-state index is -9.84. The van der Waals surface area contributed by atoms with Crippen molar-refractivity contribution < 1.29 is 58.6 Å². The average Bonchev–Trinajstić information content (AvgIpc) is 1.97. The summed E-state index contributed by atoms with van der Waals surface area (Å²) in [5.41, 5.74) is -14.9. The van der Waals surface area contributed by atoms with Gasteiger partial charge in [0.05, 0.1) is 0 Å². The Morgan fingerprint density at radius 1 is 0.500 bits per heavy atom. The van der Waals surface area contributed by atoms with E-state index in [0.29, 0.717) is 0 Å². The van der Waals surface area contributed by atoms with Crippen molar-refractivity contribution in [1.82, 2.24) is 0 Å². The topological polar surface area (TPSA) is 60.7 Å². The van der Waals surface area contributed by atoms with Crippen molar-refractivity contribution in [2.75, 3.05) is 0 Å². The molecule has 0 fully saturated rings. The van der Waals surface area contributed by atoms with E-state index in [0.717, 1.165) is 0 Å². The Morgan fingerprint density at radius 3 is 0.778 bits per heavy atom. The summed E-state index contributed by atoms with van der Waals surface area (Å²) in [6, 6.07) is 0. The fourth-order valence-electron chi connectivity index (χ4n) is 0.643. The van der Waals surface area contributed by atoms with Crippen molar-refractivity contribution in [3.63, 3.8) is 0 Å². The third-order valence-corrected chi connectivity index (χ3v) is 4.29. The van der Waals surface area contributed by atoms with Gasteiger partial charge in [0.15, 0.2) is 0 Å². The van der Waals surface area contributed by atoms with Crippen LogP contribution in [0.4, 0.5) is 43.9 Å². The second-order valence-electron chi connectivity index (χ2n) is 3.06. The maximum absolute atomic E-state index is 12.3. The number of rotatable bonds is 2. The Kier molecular flexibility index (Phi) is 3.51. The molecular weight excluding hydrogens is 317 g/mol. The van der Waals surface area contributed by atoms with Crippen LogP contribution in [0.25, 0.3) is 0 Å². The van der Waals surface area contributed by atoms with Gasteiger partial charge in [-0.05, 0) is 0 Å². The molecule has 3 nitrogen and oxygen atoms in total. The Morgan fingerprint density at radius 2 is 0.667 bits per heavy atom. The molecule has 3 N–H and O–H groups in total. The Balaban J connectivity index is 6.18. The molecule has 0 heterocycles.